The highest BCUT2D eigenvalue weighted by Gasteiger charge is 2.35. The quantitative estimate of drug-likeness (QED) is 0.544. The van der Waals surface area contributed by atoms with Gasteiger partial charge in [0.1, 0.15) is 5.82 Å². The molecule has 194 valence electrons. The Kier molecular flexibility index (Phi) is 7.93. The Morgan fingerprint density at radius 3 is 2.72 bits per heavy atom. The number of halogens is 2. The smallest absolute Gasteiger partial charge is 0.272 e. The number of unbranched alkanes of at least 4 members (excludes halogenated alkanes) is 1. The van der Waals surface area contributed by atoms with Crippen molar-refractivity contribution in [1.82, 2.24) is 20.1 Å². The van der Waals surface area contributed by atoms with Crippen LogP contribution in [0.2, 0.25) is 0 Å². The molecular weight excluding hydrogens is 460 g/mol. The second-order valence-electron chi connectivity index (χ2n) is 10.2. The summed E-state index contributed by atoms with van der Waals surface area (Å²) in [7, 11) is 0. The molecule has 0 radical (unpaired) electrons. The number of nitrogens with one attached hydrogen (secondary N) is 1. The van der Waals surface area contributed by atoms with Gasteiger partial charge in [0.2, 0.25) is 0 Å². The molecule has 8 heteroatoms. The molecule has 1 aromatic rings. The van der Waals surface area contributed by atoms with Crippen molar-refractivity contribution in [2.75, 3.05) is 31.1 Å². The fourth-order valence-corrected chi connectivity index (χ4v) is 5.04. The van der Waals surface area contributed by atoms with Gasteiger partial charge in [0.25, 0.3) is 11.8 Å². The van der Waals surface area contributed by atoms with Gasteiger partial charge in [-0.1, -0.05) is 25.0 Å². The molecule has 2 saturated heterocycles. The van der Waals surface area contributed by atoms with E-state index in [1.165, 1.54) is 25.5 Å². The van der Waals surface area contributed by atoms with Crippen molar-refractivity contribution in [3.63, 3.8) is 0 Å². The third-order valence-corrected chi connectivity index (χ3v) is 6.81. The third kappa shape index (κ3) is 6.03. The minimum absolute atomic E-state index is 0.120. The van der Waals surface area contributed by atoms with Gasteiger partial charge in [-0.05, 0) is 57.9 Å². The second-order valence-corrected chi connectivity index (χ2v) is 10.2. The van der Waals surface area contributed by atoms with Crippen LogP contribution in [0.25, 0.3) is 0 Å². The van der Waals surface area contributed by atoms with Gasteiger partial charge in [-0.15, -0.1) is 0 Å². The van der Waals surface area contributed by atoms with Gasteiger partial charge < -0.3 is 15.1 Å². The van der Waals surface area contributed by atoms with E-state index in [1.54, 1.807) is 29.6 Å². The largest absolute Gasteiger partial charge is 0.354 e. The summed E-state index contributed by atoms with van der Waals surface area (Å²) >= 11 is 0. The Bertz CT molecular complexity index is 1080. The Morgan fingerprint density at radius 1 is 1.25 bits per heavy atom. The van der Waals surface area contributed by atoms with Crippen LogP contribution >= 0.6 is 0 Å². The SMILES string of the molecule is CCC/C=C1\C(C(C)(F)F)=CC(NC(=O)c2ccc(N3CCN4CCC[C@H]4C3)nc2)=CN1C=C(C)C. The number of hydrogen-bond donors (Lipinski definition) is 1. The summed E-state index contributed by atoms with van der Waals surface area (Å²) in [5, 5.41) is 2.80. The van der Waals surface area contributed by atoms with Crippen molar-refractivity contribution in [1.29, 1.82) is 0 Å². The summed E-state index contributed by atoms with van der Waals surface area (Å²) in [4.78, 5) is 24.1. The first-order valence-electron chi connectivity index (χ1n) is 12.9. The number of amides is 1. The highest BCUT2D eigenvalue weighted by Crippen LogP contribution is 2.36. The first-order valence-corrected chi connectivity index (χ1v) is 12.9. The number of anilines is 1. The first-order chi connectivity index (χ1) is 17.2. The van der Waals surface area contributed by atoms with Crippen molar-refractivity contribution < 1.29 is 13.6 Å². The fraction of sp³-hybridized carbons (Fsp3) is 0.500. The van der Waals surface area contributed by atoms with E-state index in [0.29, 0.717) is 29.4 Å². The van der Waals surface area contributed by atoms with Crippen LogP contribution in [0, 0.1) is 0 Å². The molecule has 0 unspecified atom stereocenters. The Labute approximate surface area is 213 Å². The zero-order valence-corrected chi connectivity index (χ0v) is 21.7. The summed E-state index contributed by atoms with van der Waals surface area (Å²) in [5.41, 5.74) is 1.98. The molecular formula is C28H37F2N5O. The molecule has 1 aromatic heterocycles. The van der Waals surface area contributed by atoms with Gasteiger partial charge in [0.05, 0.1) is 17.0 Å². The molecule has 0 saturated carbocycles. The number of rotatable bonds is 7. The fourth-order valence-electron chi connectivity index (χ4n) is 5.04. The lowest BCUT2D eigenvalue weighted by Gasteiger charge is -2.38. The molecule has 1 amide bonds. The standard InChI is InChI=1S/C28H37F2N5O/c1-5-6-9-25-24(28(4,29)30)15-22(18-35(25)17-20(2)3)32-27(36)21-10-11-26(31-16-21)34-14-13-33-12-7-8-23(33)19-34/h9-11,15-18,23H,5-8,12-14,19H2,1-4H3,(H,32,36)/b25-9+/t23-/m0/s1. The van der Waals surface area contributed by atoms with E-state index >= 15 is 0 Å². The molecule has 3 aliphatic heterocycles. The number of hydrogen-bond acceptors (Lipinski definition) is 5. The van der Waals surface area contributed by atoms with E-state index in [2.05, 4.69) is 20.1 Å². The molecule has 0 spiro atoms. The van der Waals surface area contributed by atoms with Crippen LogP contribution in [0.15, 0.2) is 65.4 Å². The van der Waals surface area contributed by atoms with Crippen LogP contribution in [0.4, 0.5) is 14.6 Å². The van der Waals surface area contributed by atoms with E-state index in [1.807, 2.05) is 32.9 Å². The zero-order valence-electron chi connectivity index (χ0n) is 21.7. The second kappa shape index (κ2) is 10.9. The van der Waals surface area contributed by atoms with E-state index in [4.69, 9.17) is 0 Å². The maximum absolute atomic E-state index is 14.6. The number of carbonyl (C=O) groups is 1. The zero-order chi connectivity index (χ0) is 25.9. The topological polar surface area (TPSA) is 51.7 Å². The van der Waals surface area contributed by atoms with Crippen LogP contribution in [0.1, 0.15) is 63.7 Å². The number of piperazine rings is 1. The lowest BCUT2D eigenvalue weighted by molar-refractivity contribution is 0.0627. The molecule has 3 aliphatic rings. The number of nitrogens with zero attached hydrogens (tertiary/aromatic N) is 4. The van der Waals surface area contributed by atoms with Gasteiger partial charge in [-0.2, -0.15) is 0 Å². The first kappa shape index (κ1) is 26.1. The number of alkyl halides is 2. The number of aromatic nitrogens is 1. The summed E-state index contributed by atoms with van der Waals surface area (Å²) in [5.74, 6) is -2.58. The summed E-state index contributed by atoms with van der Waals surface area (Å²) in [6.07, 6.45) is 12.2. The molecule has 6 nitrogen and oxygen atoms in total. The minimum atomic E-state index is -3.07. The molecule has 1 N–H and O–H groups in total. The van der Waals surface area contributed by atoms with Crippen molar-refractivity contribution >= 4 is 11.7 Å². The summed E-state index contributed by atoms with van der Waals surface area (Å²) < 4.78 is 29.2. The molecule has 36 heavy (non-hydrogen) atoms. The monoisotopic (exact) mass is 497 g/mol. The molecule has 2 fully saturated rings. The van der Waals surface area contributed by atoms with Gasteiger partial charge in [0.15, 0.2) is 0 Å². The van der Waals surface area contributed by atoms with Crippen molar-refractivity contribution in [2.24, 2.45) is 0 Å². The van der Waals surface area contributed by atoms with Crippen LogP contribution in [0.5, 0.6) is 0 Å². The van der Waals surface area contributed by atoms with Crippen molar-refractivity contribution in [3.05, 3.63) is 71.0 Å². The third-order valence-electron chi connectivity index (χ3n) is 6.81. The van der Waals surface area contributed by atoms with Crippen LogP contribution in [0.3, 0.4) is 0 Å². The summed E-state index contributed by atoms with van der Waals surface area (Å²) in [6.45, 7) is 10.8. The predicted octanol–water partition coefficient (Wildman–Crippen LogP) is 5.44. The number of pyridine rings is 1. The maximum atomic E-state index is 14.6. The van der Waals surface area contributed by atoms with E-state index < -0.39 is 5.92 Å². The highest BCUT2D eigenvalue weighted by molar-refractivity contribution is 5.95. The Balaban J connectivity index is 1.51. The molecule has 4 heterocycles. The summed E-state index contributed by atoms with van der Waals surface area (Å²) in [6, 6.07) is 4.21. The Hall–Kier alpha value is -3.00. The van der Waals surface area contributed by atoms with Crippen LogP contribution in [-0.2, 0) is 0 Å². The van der Waals surface area contributed by atoms with Crippen molar-refractivity contribution in [2.45, 2.75) is 65.3 Å². The number of allylic oxidation sites excluding steroid dienone is 4. The van der Waals surface area contributed by atoms with E-state index in [-0.39, 0.29) is 11.5 Å². The van der Waals surface area contributed by atoms with Crippen LogP contribution < -0.4 is 10.2 Å². The minimum Gasteiger partial charge on any atom is -0.354 e. The van der Waals surface area contributed by atoms with Gasteiger partial charge in [-0.3, -0.25) is 9.69 Å². The molecule has 4 rings (SSSR count). The predicted molar refractivity (Wildman–Crippen MR) is 140 cm³/mol. The van der Waals surface area contributed by atoms with E-state index in [9.17, 15) is 13.6 Å². The lowest BCUT2D eigenvalue weighted by atomic mass is 9.99. The molecule has 1 atom stereocenters. The van der Waals surface area contributed by atoms with Crippen LogP contribution in [-0.4, -0.2) is 58.8 Å². The van der Waals surface area contributed by atoms with Gasteiger partial charge >= 0.3 is 0 Å². The average molecular weight is 498 g/mol. The average Bonchev–Trinajstić information content (AvgIpc) is 3.30. The maximum Gasteiger partial charge on any atom is 0.272 e. The number of fused-ring (bicyclic) bond motifs is 1. The highest BCUT2D eigenvalue weighted by atomic mass is 19.3. The number of carbonyl (C=O) groups excluding carboxylic acids is 1. The van der Waals surface area contributed by atoms with Gasteiger partial charge in [0, 0.05) is 56.8 Å². The molecule has 0 aliphatic carbocycles. The van der Waals surface area contributed by atoms with Gasteiger partial charge in [-0.25, -0.2) is 13.8 Å². The van der Waals surface area contributed by atoms with Crippen molar-refractivity contribution in [3.8, 4) is 0 Å². The normalized spacial score (nSPS) is 21.7. The molecule has 0 bridgehead atoms. The van der Waals surface area contributed by atoms with E-state index in [0.717, 1.165) is 44.4 Å². The Morgan fingerprint density at radius 2 is 2.06 bits per heavy atom. The molecule has 0 aromatic carbocycles. The lowest BCUT2D eigenvalue weighted by Crippen LogP contribution is -2.50.